The van der Waals surface area contributed by atoms with Crippen molar-refractivity contribution in [3.05, 3.63) is 80.2 Å². The van der Waals surface area contributed by atoms with E-state index in [0.717, 1.165) is 5.56 Å². The number of methoxy groups -OCH3 is 2. The van der Waals surface area contributed by atoms with E-state index in [0.29, 0.717) is 42.9 Å². The van der Waals surface area contributed by atoms with Gasteiger partial charge < -0.3 is 20.1 Å². The molecular weight excluding hydrogens is 528 g/mol. The van der Waals surface area contributed by atoms with Gasteiger partial charge in [0.05, 0.1) is 23.2 Å². The first-order valence-electron chi connectivity index (χ1n) is 9.23. The van der Waals surface area contributed by atoms with Gasteiger partial charge in [0.25, 0.3) is 11.8 Å². The van der Waals surface area contributed by atoms with Crippen molar-refractivity contribution in [1.29, 1.82) is 0 Å². The largest absolute Gasteiger partial charge is 0.496 e. The van der Waals surface area contributed by atoms with Gasteiger partial charge in [-0.3, -0.25) is 9.59 Å². The number of rotatable bonds is 6. The van der Waals surface area contributed by atoms with E-state index in [1.165, 1.54) is 0 Å². The molecule has 6 nitrogen and oxygen atoms in total. The van der Waals surface area contributed by atoms with Crippen LogP contribution in [0.2, 0.25) is 0 Å². The number of ether oxygens (including phenoxy) is 2. The molecule has 0 aliphatic carbocycles. The Bertz CT molecular complexity index is 1150. The number of hydrogen-bond donors (Lipinski definition) is 2. The van der Waals surface area contributed by atoms with E-state index in [-0.39, 0.29) is 11.8 Å². The topological polar surface area (TPSA) is 76.7 Å². The van der Waals surface area contributed by atoms with Gasteiger partial charge >= 0.3 is 0 Å². The third-order valence-corrected chi connectivity index (χ3v) is 5.81. The van der Waals surface area contributed by atoms with Gasteiger partial charge in [-0.25, -0.2) is 0 Å². The van der Waals surface area contributed by atoms with Crippen LogP contribution in [0.3, 0.4) is 0 Å². The van der Waals surface area contributed by atoms with Crippen LogP contribution >= 0.6 is 31.9 Å². The fraction of sp³-hybridized carbons (Fsp3) is 0.130. The number of carbonyl (C=O) groups excluding carboxylic acids is 2. The van der Waals surface area contributed by atoms with Crippen LogP contribution in [-0.4, -0.2) is 26.0 Å². The van der Waals surface area contributed by atoms with Gasteiger partial charge in [-0.05, 0) is 92.9 Å². The Morgan fingerprint density at radius 1 is 0.742 bits per heavy atom. The molecule has 2 amide bonds. The summed E-state index contributed by atoms with van der Waals surface area (Å²) >= 11 is 6.77. The van der Waals surface area contributed by atoms with E-state index in [9.17, 15) is 9.59 Å². The summed E-state index contributed by atoms with van der Waals surface area (Å²) in [7, 11) is 3.13. The fourth-order valence-corrected chi connectivity index (χ4v) is 3.93. The van der Waals surface area contributed by atoms with Crippen molar-refractivity contribution in [3.63, 3.8) is 0 Å². The van der Waals surface area contributed by atoms with Gasteiger partial charge in [0.2, 0.25) is 0 Å². The monoisotopic (exact) mass is 546 g/mol. The van der Waals surface area contributed by atoms with Crippen LogP contribution in [0.5, 0.6) is 11.5 Å². The van der Waals surface area contributed by atoms with Crippen LogP contribution in [0.25, 0.3) is 0 Å². The lowest BCUT2D eigenvalue weighted by Gasteiger charge is -2.13. The van der Waals surface area contributed by atoms with Crippen LogP contribution in [0, 0.1) is 6.92 Å². The molecule has 0 radical (unpaired) electrons. The second-order valence-electron chi connectivity index (χ2n) is 6.64. The lowest BCUT2D eigenvalue weighted by atomic mass is 10.1. The Morgan fingerprint density at radius 3 is 1.74 bits per heavy atom. The maximum atomic E-state index is 12.7. The standard InChI is InChI=1S/C23H20Br2N2O4/c1-13-4-7-16(26-22(28)14-5-8-20(30-2)17(24)10-14)12-19(13)27-23(29)15-6-9-21(31-3)18(25)11-15/h4-12H,1-3H3,(H,26,28)(H,27,29). The van der Waals surface area contributed by atoms with E-state index in [4.69, 9.17) is 9.47 Å². The number of nitrogens with one attached hydrogen (secondary N) is 2. The minimum absolute atomic E-state index is 0.269. The first-order chi connectivity index (χ1) is 14.8. The lowest BCUT2D eigenvalue weighted by Crippen LogP contribution is -2.15. The van der Waals surface area contributed by atoms with Gasteiger partial charge in [-0.2, -0.15) is 0 Å². The van der Waals surface area contributed by atoms with Gasteiger partial charge in [0, 0.05) is 22.5 Å². The van der Waals surface area contributed by atoms with Crippen molar-refractivity contribution >= 4 is 55.0 Å². The summed E-state index contributed by atoms with van der Waals surface area (Å²) in [5, 5.41) is 5.74. The van der Waals surface area contributed by atoms with Gasteiger partial charge in [0.15, 0.2) is 0 Å². The van der Waals surface area contributed by atoms with E-state index >= 15 is 0 Å². The molecule has 8 heteroatoms. The number of hydrogen-bond acceptors (Lipinski definition) is 4. The predicted octanol–water partition coefficient (Wildman–Crippen LogP) is 6.04. The normalized spacial score (nSPS) is 10.4. The smallest absolute Gasteiger partial charge is 0.255 e. The summed E-state index contributed by atoms with van der Waals surface area (Å²) in [6, 6.07) is 15.5. The highest BCUT2D eigenvalue weighted by atomic mass is 79.9. The Hall–Kier alpha value is -2.84. The molecule has 3 rings (SSSR count). The third-order valence-electron chi connectivity index (χ3n) is 4.57. The van der Waals surface area contributed by atoms with E-state index in [1.807, 2.05) is 13.0 Å². The SMILES string of the molecule is COc1ccc(C(=O)Nc2ccc(C)c(NC(=O)c3ccc(OC)c(Br)c3)c2)cc1Br. The molecule has 0 atom stereocenters. The number of anilines is 2. The van der Waals surface area contributed by atoms with Crippen molar-refractivity contribution < 1.29 is 19.1 Å². The molecule has 0 bridgehead atoms. The van der Waals surface area contributed by atoms with Crippen molar-refractivity contribution in [2.45, 2.75) is 6.92 Å². The maximum Gasteiger partial charge on any atom is 0.255 e. The summed E-state index contributed by atoms with van der Waals surface area (Å²) in [4.78, 5) is 25.3. The second-order valence-corrected chi connectivity index (χ2v) is 8.35. The van der Waals surface area contributed by atoms with Crippen molar-refractivity contribution in [1.82, 2.24) is 0 Å². The van der Waals surface area contributed by atoms with Crippen molar-refractivity contribution in [2.24, 2.45) is 0 Å². The molecule has 0 heterocycles. The van der Waals surface area contributed by atoms with E-state index in [1.54, 1.807) is 62.8 Å². The minimum Gasteiger partial charge on any atom is -0.496 e. The molecule has 3 aromatic rings. The van der Waals surface area contributed by atoms with Crippen LogP contribution < -0.4 is 20.1 Å². The third kappa shape index (κ3) is 5.45. The quantitative estimate of drug-likeness (QED) is 0.394. The van der Waals surface area contributed by atoms with Gasteiger partial charge in [-0.1, -0.05) is 6.07 Å². The summed E-state index contributed by atoms with van der Waals surface area (Å²) in [5.74, 6) is 0.738. The second kappa shape index (κ2) is 9.98. The highest BCUT2D eigenvalue weighted by Gasteiger charge is 2.13. The molecule has 0 aliphatic heterocycles. The fourth-order valence-electron chi connectivity index (χ4n) is 2.85. The molecule has 0 spiro atoms. The average Bonchev–Trinajstić information content (AvgIpc) is 2.75. The highest BCUT2D eigenvalue weighted by molar-refractivity contribution is 9.10. The molecule has 0 fully saturated rings. The summed E-state index contributed by atoms with van der Waals surface area (Å²) < 4.78 is 11.8. The first kappa shape index (κ1) is 22.8. The van der Waals surface area contributed by atoms with Crippen LogP contribution in [0.4, 0.5) is 11.4 Å². The number of amides is 2. The first-order valence-corrected chi connectivity index (χ1v) is 10.8. The Balaban J connectivity index is 1.77. The Kier molecular flexibility index (Phi) is 7.35. The van der Waals surface area contributed by atoms with Crippen LogP contribution in [0.15, 0.2) is 63.5 Å². The Morgan fingerprint density at radius 2 is 1.26 bits per heavy atom. The zero-order chi connectivity index (χ0) is 22.5. The number of carbonyl (C=O) groups is 2. The van der Waals surface area contributed by atoms with Crippen molar-refractivity contribution in [3.8, 4) is 11.5 Å². The number of aryl methyl sites for hydroxylation is 1. The maximum absolute atomic E-state index is 12.7. The Labute approximate surface area is 197 Å². The molecule has 0 aromatic heterocycles. The zero-order valence-corrected chi connectivity index (χ0v) is 20.3. The molecular formula is C23H20Br2N2O4. The minimum atomic E-state index is -0.274. The predicted molar refractivity (Wildman–Crippen MR) is 128 cm³/mol. The highest BCUT2D eigenvalue weighted by Crippen LogP contribution is 2.28. The van der Waals surface area contributed by atoms with E-state index in [2.05, 4.69) is 42.5 Å². The molecule has 0 saturated heterocycles. The van der Waals surface area contributed by atoms with Crippen LogP contribution in [-0.2, 0) is 0 Å². The van der Waals surface area contributed by atoms with Gasteiger partial charge in [0.1, 0.15) is 11.5 Å². The van der Waals surface area contributed by atoms with Crippen molar-refractivity contribution in [2.75, 3.05) is 24.9 Å². The summed E-state index contributed by atoms with van der Waals surface area (Å²) in [6.45, 7) is 1.88. The molecule has 160 valence electrons. The molecule has 0 saturated carbocycles. The number of benzene rings is 3. The van der Waals surface area contributed by atoms with E-state index < -0.39 is 0 Å². The molecule has 31 heavy (non-hydrogen) atoms. The number of halogens is 2. The summed E-state index contributed by atoms with van der Waals surface area (Å²) in [6.07, 6.45) is 0. The molecule has 0 aliphatic rings. The van der Waals surface area contributed by atoms with Gasteiger partial charge in [-0.15, -0.1) is 0 Å². The average molecular weight is 548 g/mol. The zero-order valence-electron chi connectivity index (χ0n) is 17.1. The molecule has 0 unspecified atom stereocenters. The lowest BCUT2D eigenvalue weighted by molar-refractivity contribution is 0.101. The molecule has 3 aromatic carbocycles. The summed E-state index contributed by atoms with van der Waals surface area (Å²) in [5.41, 5.74) is 2.98. The van der Waals surface area contributed by atoms with Crippen LogP contribution in [0.1, 0.15) is 26.3 Å². The molecule has 2 N–H and O–H groups in total.